The van der Waals surface area contributed by atoms with Gasteiger partial charge in [0.1, 0.15) is 11.5 Å². The van der Waals surface area contributed by atoms with Crippen LogP contribution in [0.4, 0.5) is 0 Å². The first-order valence-corrected chi connectivity index (χ1v) is 6.61. The summed E-state index contributed by atoms with van der Waals surface area (Å²) in [7, 11) is 0. The highest BCUT2D eigenvalue weighted by atomic mass is 79.9. The van der Waals surface area contributed by atoms with E-state index < -0.39 is 0 Å². The Bertz CT molecular complexity index is 525. The normalized spacial score (nSPS) is 10.3. The van der Waals surface area contributed by atoms with Crippen molar-refractivity contribution < 1.29 is 4.74 Å². The predicted octanol–water partition coefficient (Wildman–Crippen LogP) is 5.29. The van der Waals surface area contributed by atoms with Gasteiger partial charge in [-0.2, -0.15) is 0 Å². The van der Waals surface area contributed by atoms with E-state index in [0.717, 1.165) is 27.1 Å². The van der Waals surface area contributed by atoms with Crippen LogP contribution in [0, 0.1) is 6.92 Å². The van der Waals surface area contributed by atoms with E-state index in [9.17, 15) is 0 Å². The van der Waals surface area contributed by atoms with E-state index >= 15 is 0 Å². The van der Waals surface area contributed by atoms with Crippen LogP contribution in [-0.4, -0.2) is 0 Å². The summed E-state index contributed by atoms with van der Waals surface area (Å²) in [6, 6.07) is 13.8. The monoisotopic (exact) mass is 310 g/mol. The topological polar surface area (TPSA) is 9.23 Å². The van der Waals surface area contributed by atoms with E-state index in [2.05, 4.69) is 15.9 Å². The molecule has 2 aromatic carbocycles. The van der Waals surface area contributed by atoms with Crippen molar-refractivity contribution in [2.24, 2.45) is 0 Å². The predicted molar refractivity (Wildman–Crippen MR) is 75.0 cm³/mol. The zero-order valence-corrected chi connectivity index (χ0v) is 11.8. The average molecular weight is 312 g/mol. The molecule has 0 amide bonds. The summed E-state index contributed by atoms with van der Waals surface area (Å²) in [6.45, 7) is 2.02. The third-order valence-corrected chi connectivity index (χ3v) is 3.39. The van der Waals surface area contributed by atoms with Gasteiger partial charge >= 0.3 is 0 Å². The van der Waals surface area contributed by atoms with Crippen molar-refractivity contribution in [1.29, 1.82) is 0 Å². The van der Waals surface area contributed by atoms with Gasteiger partial charge in [-0.1, -0.05) is 24.3 Å². The Morgan fingerprint density at radius 3 is 2.53 bits per heavy atom. The standard InChI is InChI=1S/C14H12BrClO/c1-10-4-2-3-5-13(10)17-14-7-6-11(9-16)8-12(14)15/h2-8H,9H2,1H3. The van der Waals surface area contributed by atoms with Gasteiger partial charge in [-0.15, -0.1) is 11.6 Å². The number of ether oxygens (including phenoxy) is 1. The van der Waals surface area contributed by atoms with Crippen LogP contribution in [0.25, 0.3) is 0 Å². The van der Waals surface area contributed by atoms with Gasteiger partial charge < -0.3 is 4.74 Å². The van der Waals surface area contributed by atoms with Crippen LogP contribution in [0.2, 0.25) is 0 Å². The largest absolute Gasteiger partial charge is 0.456 e. The minimum absolute atomic E-state index is 0.503. The van der Waals surface area contributed by atoms with E-state index in [0.29, 0.717) is 5.88 Å². The fourth-order valence-electron chi connectivity index (χ4n) is 1.50. The fourth-order valence-corrected chi connectivity index (χ4v) is 2.17. The molecule has 0 bridgehead atoms. The van der Waals surface area contributed by atoms with Gasteiger partial charge in [0.2, 0.25) is 0 Å². The molecule has 17 heavy (non-hydrogen) atoms. The Hall–Kier alpha value is -0.990. The first kappa shape index (κ1) is 12.5. The van der Waals surface area contributed by atoms with Crippen molar-refractivity contribution in [1.82, 2.24) is 0 Å². The van der Waals surface area contributed by atoms with Crippen molar-refractivity contribution in [3.63, 3.8) is 0 Å². The SMILES string of the molecule is Cc1ccccc1Oc1ccc(CCl)cc1Br. The van der Waals surface area contributed by atoms with Gasteiger partial charge in [0.05, 0.1) is 4.47 Å². The van der Waals surface area contributed by atoms with Gasteiger partial charge in [-0.25, -0.2) is 0 Å². The van der Waals surface area contributed by atoms with E-state index in [1.54, 1.807) is 0 Å². The summed E-state index contributed by atoms with van der Waals surface area (Å²) in [5, 5.41) is 0. The second-order valence-corrected chi connectivity index (χ2v) is 4.89. The molecule has 0 spiro atoms. The molecule has 0 aliphatic rings. The molecule has 0 unspecified atom stereocenters. The first-order valence-electron chi connectivity index (χ1n) is 5.28. The van der Waals surface area contributed by atoms with Crippen LogP contribution in [0.1, 0.15) is 11.1 Å². The molecule has 0 aromatic heterocycles. The van der Waals surface area contributed by atoms with Crippen molar-refractivity contribution in [3.05, 3.63) is 58.1 Å². The Kier molecular flexibility index (Phi) is 4.08. The summed E-state index contributed by atoms with van der Waals surface area (Å²) in [4.78, 5) is 0. The molecule has 2 aromatic rings. The molecular weight excluding hydrogens is 300 g/mol. The molecule has 0 fully saturated rings. The summed E-state index contributed by atoms with van der Waals surface area (Å²) in [5.74, 6) is 2.17. The van der Waals surface area contributed by atoms with E-state index in [1.165, 1.54) is 0 Å². The maximum Gasteiger partial charge on any atom is 0.141 e. The zero-order valence-electron chi connectivity index (χ0n) is 9.41. The van der Waals surface area contributed by atoms with Gasteiger partial charge in [0, 0.05) is 5.88 Å². The summed E-state index contributed by atoms with van der Waals surface area (Å²) < 4.78 is 6.77. The van der Waals surface area contributed by atoms with Gasteiger partial charge in [-0.3, -0.25) is 0 Å². The number of hydrogen-bond acceptors (Lipinski definition) is 1. The minimum Gasteiger partial charge on any atom is -0.456 e. The molecule has 0 aliphatic heterocycles. The maximum absolute atomic E-state index is 5.85. The lowest BCUT2D eigenvalue weighted by molar-refractivity contribution is 0.476. The molecule has 0 atom stereocenters. The highest BCUT2D eigenvalue weighted by molar-refractivity contribution is 9.10. The number of halogens is 2. The number of para-hydroxylation sites is 1. The third-order valence-electron chi connectivity index (χ3n) is 2.46. The minimum atomic E-state index is 0.503. The highest BCUT2D eigenvalue weighted by Crippen LogP contribution is 2.32. The summed E-state index contributed by atoms with van der Waals surface area (Å²) in [5.41, 5.74) is 2.18. The number of alkyl halides is 1. The van der Waals surface area contributed by atoms with Crippen molar-refractivity contribution in [2.75, 3.05) is 0 Å². The molecule has 88 valence electrons. The lowest BCUT2D eigenvalue weighted by atomic mass is 10.2. The Labute approximate surface area is 115 Å². The molecule has 3 heteroatoms. The quantitative estimate of drug-likeness (QED) is 0.700. The van der Waals surface area contributed by atoms with E-state index in [4.69, 9.17) is 16.3 Å². The second kappa shape index (κ2) is 5.56. The van der Waals surface area contributed by atoms with Crippen molar-refractivity contribution >= 4 is 27.5 Å². The zero-order chi connectivity index (χ0) is 12.3. The van der Waals surface area contributed by atoms with Crippen LogP contribution in [-0.2, 0) is 5.88 Å². The molecule has 2 rings (SSSR count). The Morgan fingerprint density at radius 1 is 1.12 bits per heavy atom. The van der Waals surface area contributed by atoms with Crippen LogP contribution in [0.15, 0.2) is 46.9 Å². The lowest BCUT2D eigenvalue weighted by Crippen LogP contribution is -1.89. The summed E-state index contributed by atoms with van der Waals surface area (Å²) in [6.07, 6.45) is 0. The first-order chi connectivity index (χ1) is 8.20. The Morgan fingerprint density at radius 2 is 1.88 bits per heavy atom. The van der Waals surface area contributed by atoms with Crippen molar-refractivity contribution in [2.45, 2.75) is 12.8 Å². The Balaban J connectivity index is 2.28. The smallest absolute Gasteiger partial charge is 0.141 e. The van der Waals surface area contributed by atoms with Crippen LogP contribution >= 0.6 is 27.5 Å². The molecule has 0 heterocycles. The molecular formula is C14H12BrClO. The van der Waals surface area contributed by atoms with E-state index in [-0.39, 0.29) is 0 Å². The number of rotatable bonds is 3. The third kappa shape index (κ3) is 3.02. The van der Waals surface area contributed by atoms with Gasteiger partial charge in [0.15, 0.2) is 0 Å². The van der Waals surface area contributed by atoms with Crippen molar-refractivity contribution in [3.8, 4) is 11.5 Å². The van der Waals surface area contributed by atoms with Gasteiger partial charge in [-0.05, 0) is 52.2 Å². The molecule has 0 radical (unpaired) electrons. The van der Waals surface area contributed by atoms with Gasteiger partial charge in [0.25, 0.3) is 0 Å². The van der Waals surface area contributed by atoms with Crippen LogP contribution in [0.3, 0.4) is 0 Å². The second-order valence-electron chi connectivity index (χ2n) is 3.77. The highest BCUT2D eigenvalue weighted by Gasteiger charge is 2.05. The number of aryl methyl sites for hydroxylation is 1. The number of hydrogen-bond donors (Lipinski definition) is 0. The molecule has 0 saturated heterocycles. The number of benzene rings is 2. The fraction of sp³-hybridized carbons (Fsp3) is 0.143. The molecule has 0 saturated carbocycles. The average Bonchev–Trinajstić information content (AvgIpc) is 2.34. The maximum atomic E-state index is 5.85. The lowest BCUT2D eigenvalue weighted by Gasteiger charge is -2.10. The molecule has 0 N–H and O–H groups in total. The molecule has 0 aliphatic carbocycles. The molecule has 1 nitrogen and oxygen atoms in total. The van der Waals surface area contributed by atoms with E-state index in [1.807, 2.05) is 49.4 Å². The van der Waals surface area contributed by atoms with Crippen LogP contribution < -0.4 is 4.74 Å². The van der Waals surface area contributed by atoms with Crippen LogP contribution in [0.5, 0.6) is 11.5 Å². The summed E-state index contributed by atoms with van der Waals surface area (Å²) >= 11 is 9.26.